The first-order valence-corrected chi connectivity index (χ1v) is 7.02. The molecule has 0 saturated carbocycles. The van der Waals surface area contributed by atoms with Crippen molar-refractivity contribution in [3.05, 3.63) is 23.8 Å². The third-order valence-electron chi connectivity index (χ3n) is 2.96. The molecule has 2 N–H and O–H groups in total. The molecule has 0 radical (unpaired) electrons. The summed E-state index contributed by atoms with van der Waals surface area (Å²) in [5.41, 5.74) is 0.404. The molecule has 0 fully saturated rings. The third kappa shape index (κ3) is 6.91. The zero-order valence-corrected chi connectivity index (χ0v) is 12.8. The average Bonchev–Trinajstić information content (AvgIpc) is 2.50. The molecule has 1 rings (SSSR count). The van der Waals surface area contributed by atoms with Crippen LogP contribution >= 0.6 is 0 Å². The Balaban J connectivity index is 2.65. The number of nitriles is 1. The molecule has 1 atom stereocenters. The summed E-state index contributed by atoms with van der Waals surface area (Å²) in [7, 11) is 0. The van der Waals surface area contributed by atoms with Crippen molar-refractivity contribution < 1.29 is 22.7 Å². The average molecular weight is 329 g/mol. The lowest BCUT2D eigenvalue weighted by Crippen LogP contribution is -2.36. The van der Waals surface area contributed by atoms with Crippen molar-refractivity contribution in [1.82, 2.24) is 5.32 Å². The van der Waals surface area contributed by atoms with E-state index in [1.54, 1.807) is 6.07 Å². The van der Waals surface area contributed by atoms with Gasteiger partial charge in [-0.3, -0.25) is 4.79 Å². The van der Waals surface area contributed by atoms with Crippen molar-refractivity contribution in [3.8, 4) is 11.8 Å². The molecule has 0 aliphatic rings. The summed E-state index contributed by atoms with van der Waals surface area (Å²) in [4.78, 5) is 11.6. The Morgan fingerprint density at radius 2 is 2.13 bits per heavy atom. The molecule has 1 aromatic carbocycles. The summed E-state index contributed by atoms with van der Waals surface area (Å²) in [5, 5.41) is 14.6. The summed E-state index contributed by atoms with van der Waals surface area (Å²) in [6.45, 7) is 2.35. The van der Waals surface area contributed by atoms with Crippen molar-refractivity contribution in [3.63, 3.8) is 0 Å². The van der Waals surface area contributed by atoms with Crippen LogP contribution in [0.3, 0.4) is 0 Å². The van der Waals surface area contributed by atoms with Gasteiger partial charge >= 0.3 is 6.18 Å². The number of rotatable bonds is 7. The van der Waals surface area contributed by atoms with Crippen molar-refractivity contribution in [2.75, 3.05) is 18.5 Å². The minimum Gasteiger partial charge on any atom is -0.483 e. The van der Waals surface area contributed by atoms with Crippen molar-refractivity contribution in [1.29, 1.82) is 5.26 Å². The highest BCUT2D eigenvalue weighted by molar-refractivity contribution is 5.81. The molecule has 5 nitrogen and oxygen atoms in total. The minimum absolute atomic E-state index is 0.00202. The van der Waals surface area contributed by atoms with Crippen LogP contribution in [-0.4, -0.2) is 31.3 Å². The molecule has 8 heteroatoms. The number of hydrogen-bond acceptors (Lipinski definition) is 4. The maximum atomic E-state index is 12.1. The smallest absolute Gasteiger partial charge is 0.422 e. The van der Waals surface area contributed by atoms with Gasteiger partial charge in [0, 0.05) is 11.7 Å². The number of hydrogen-bond donors (Lipinski definition) is 2. The van der Waals surface area contributed by atoms with Crippen LogP contribution in [0.25, 0.3) is 0 Å². The number of alkyl halides is 3. The summed E-state index contributed by atoms with van der Waals surface area (Å²) < 4.78 is 41.0. The minimum atomic E-state index is -4.47. The van der Waals surface area contributed by atoms with Gasteiger partial charge in [-0.05, 0) is 31.5 Å². The standard InChI is InChI=1S/C15H18F3N3O2/c1-3-10(2)21-14(22)8-20-12-4-5-13(11(6-12)7-19)23-9-15(16,17)18/h4-6,10,20H,3,8-9H2,1-2H3,(H,21,22)/t10-/m0/s1. The zero-order valence-electron chi connectivity index (χ0n) is 12.8. The maximum absolute atomic E-state index is 12.1. The van der Waals surface area contributed by atoms with E-state index in [-0.39, 0.29) is 29.8 Å². The van der Waals surface area contributed by atoms with Crippen molar-refractivity contribution >= 4 is 11.6 Å². The number of nitrogens with one attached hydrogen (secondary N) is 2. The van der Waals surface area contributed by atoms with E-state index in [2.05, 4.69) is 15.4 Å². The van der Waals surface area contributed by atoms with Gasteiger partial charge in [-0.25, -0.2) is 0 Å². The Morgan fingerprint density at radius 3 is 2.70 bits per heavy atom. The van der Waals surface area contributed by atoms with E-state index in [0.29, 0.717) is 5.69 Å². The lowest BCUT2D eigenvalue weighted by Gasteiger charge is -2.14. The van der Waals surface area contributed by atoms with Crippen LogP contribution in [-0.2, 0) is 4.79 Å². The number of nitrogens with zero attached hydrogens (tertiary/aromatic N) is 1. The van der Waals surface area contributed by atoms with Crippen LogP contribution < -0.4 is 15.4 Å². The van der Waals surface area contributed by atoms with E-state index < -0.39 is 12.8 Å². The molecule has 0 unspecified atom stereocenters. The second kappa shape index (κ2) is 8.27. The third-order valence-corrected chi connectivity index (χ3v) is 2.96. The Labute approximate surface area is 132 Å². The van der Waals surface area contributed by atoms with Gasteiger partial charge in [0.2, 0.25) is 5.91 Å². The number of carbonyl (C=O) groups is 1. The molecule has 126 valence electrons. The number of benzene rings is 1. The molecule has 0 aromatic heterocycles. The van der Waals surface area contributed by atoms with Gasteiger partial charge in [-0.2, -0.15) is 18.4 Å². The van der Waals surface area contributed by atoms with Crippen LogP contribution in [0.2, 0.25) is 0 Å². The molecule has 0 spiro atoms. The van der Waals surface area contributed by atoms with Crippen LogP contribution in [0, 0.1) is 11.3 Å². The van der Waals surface area contributed by atoms with E-state index in [1.807, 2.05) is 13.8 Å². The molecule has 0 heterocycles. The van der Waals surface area contributed by atoms with Crippen LogP contribution in [0.4, 0.5) is 18.9 Å². The number of ether oxygens (including phenoxy) is 1. The summed E-state index contributed by atoms with van der Waals surface area (Å²) in [6.07, 6.45) is -3.67. The summed E-state index contributed by atoms with van der Waals surface area (Å²) >= 11 is 0. The topological polar surface area (TPSA) is 74.2 Å². The normalized spacial score (nSPS) is 12.2. The molecule has 0 saturated heterocycles. The first-order chi connectivity index (χ1) is 10.7. The van der Waals surface area contributed by atoms with Gasteiger partial charge in [0.1, 0.15) is 11.8 Å². The zero-order chi connectivity index (χ0) is 17.5. The Morgan fingerprint density at radius 1 is 1.43 bits per heavy atom. The number of amides is 1. The summed E-state index contributed by atoms with van der Waals surface area (Å²) in [6, 6.07) is 5.87. The summed E-state index contributed by atoms with van der Waals surface area (Å²) in [5.74, 6) is -0.366. The second-order valence-corrected chi connectivity index (χ2v) is 4.96. The fourth-order valence-electron chi connectivity index (χ4n) is 1.62. The lowest BCUT2D eigenvalue weighted by atomic mass is 10.2. The molecule has 23 heavy (non-hydrogen) atoms. The lowest BCUT2D eigenvalue weighted by molar-refractivity contribution is -0.153. The molecular formula is C15H18F3N3O2. The first kappa shape index (κ1) is 18.6. The quantitative estimate of drug-likeness (QED) is 0.807. The Bertz CT molecular complexity index is 582. The SMILES string of the molecule is CC[C@H](C)NC(=O)CNc1ccc(OCC(F)(F)F)c(C#N)c1. The second-order valence-electron chi connectivity index (χ2n) is 4.96. The van der Waals surface area contributed by atoms with Gasteiger partial charge in [0.25, 0.3) is 0 Å². The van der Waals surface area contributed by atoms with E-state index >= 15 is 0 Å². The fraction of sp³-hybridized carbons (Fsp3) is 0.467. The highest BCUT2D eigenvalue weighted by Crippen LogP contribution is 2.24. The van der Waals surface area contributed by atoms with Crippen molar-refractivity contribution in [2.24, 2.45) is 0 Å². The number of halogens is 3. The monoisotopic (exact) mass is 329 g/mol. The van der Waals surface area contributed by atoms with Gasteiger partial charge in [-0.1, -0.05) is 6.92 Å². The van der Waals surface area contributed by atoms with Crippen LogP contribution in [0.5, 0.6) is 5.75 Å². The number of anilines is 1. The van der Waals surface area contributed by atoms with Crippen LogP contribution in [0.15, 0.2) is 18.2 Å². The molecule has 0 bridgehead atoms. The Hall–Kier alpha value is -2.43. The molecular weight excluding hydrogens is 311 g/mol. The first-order valence-electron chi connectivity index (χ1n) is 7.02. The largest absolute Gasteiger partial charge is 0.483 e. The van der Waals surface area contributed by atoms with Gasteiger partial charge in [0.05, 0.1) is 12.1 Å². The predicted molar refractivity (Wildman–Crippen MR) is 79.1 cm³/mol. The van der Waals surface area contributed by atoms with E-state index in [1.165, 1.54) is 18.2 Å². The van der Waals surface area contributed by atoms with E-state index in [9.17, 15) is 18.0 Å². The predicted octanol–water partition coefficient (Wildman–Crippen LogP) is 2.83. The maximum Gasteiger partial charge on any atom is 0.422 e. The molecule has 0 aliphatic carbocycles. The fourth-order valence-corrected chi connectivity index (χ4v) is 1.62. The molecule has 0 aliphatic heterocycles. The van der Waals surface area contributed by atoms with E-state index in [4.69, 9.17) is 5.26 Å². The van der Waals surface area contributed by atoms with Crippen molar-refractivity contribution in [2.45, 2.75) is 32.5 Å². The highest BCUT2D eigenvalue weighted by atomic mass is 19.4. The van der Waals surface area contributed by atoms with Crippen LogP contribution in [0.1, 0.15) is 25.8 Å². The van der Waals surface area contributed by atoms with Gasteiger partial charge < -0.3 is 15.4 Å². The molecule has 1 amide bonds. The van der Waals surface area contributed by atoms with E-state index in [0.717, 1.165) is 6.42 Å². The van der Waals surface area contributed by atoms with Gasteiger partial charge in [0.15, 0.2) is 6.61 Å². The Kier molecular flexibility index (Phi) is 6.69. The molecule has 1 aromatic rings. The number of carbonyl (C=O) groups excluding carboxylic acids is 1. The highest BCUT2D eigenvalue weighted by Gasteiger charge is 2.28. The van der Waals surface area contributed by atoms with Gasteiger partial charge in [-0.15, -0.1) is 0 Å².